The first kappa shape index (κ1) is 19.9. The molecule has 0 N–H and O–H groups in total. The minimum Gasteiger partial charge on any atom is -0.485 e. The molecule has 1 aromatic heterocycles. The van der Waals surface area contributed by atoms with Gasteiger partial charge >= 0.3 is 5.97 Å². The van der Waals surface area contributed by atoms with Crippen LogP contribution in [0.1, 0.15) is 29.9 Å². The normalized spacial score (nSPS) is 18.9. The van der Waals surface area contributed by atoms with Gasteiger partial charge in [0.25, 0.3) is 0 Å². The minimum atomic E-state index is -0.751. The smallest absolute Gasteiger partial charge is 0.328 e. The summed E-state index contributed by atoms with van der Waals surface area (Å²) in [7, 11) is 1.28. The molecule has 0 spiro atoms. The third-order valence-electron chi connectivity index (χ3n) is 4.96. The van der Waals surface area contributed by atoms with Crippen molar-refractivity contribution in [1.29, 1.82) is 0 Å². The fourth-order valence-electron chi connectivity index (χ4n) is 3.47. The molecule has 1 aromatic carbocycles. The third-order valence-corrected chi connectivity index (χ3v) is 4.96. The van der Waals surface area contributed by atoms with Crippen molar-refractivity contribution < 1.29 is 28.0 Å². The van der Waals surface area contributed by atoms with Crippen molar-refractivity contribution >= 4 is 11.9 Å². The average Bonchev–Trinajstić information content (AvgIpc) is 3.24. The standard InChI is InChI=1S/C20H23FN2O5/c1-12-15(13(2)28-22-12)8-9-19(24)23-11-14(10-17(23)20(25)26-3)27-18-7-5-4-6-16(18)21/h4-7,14,17H,8-11H2,1-3H3/t14-,17-/m1/s1. The maximum Gasteiger partial charge on any atom is 0.328 e. The van der Waals surface area contributed by atoms with E-state index in [0.29, 0.717) is 12.2 Å². The minimum absolute atomic E-state index is 0.0983. The molecule has 8 heteroatoms. The SMILES string of the molecule is COC(=O)[C@H]1C[C@@H](Oc2ccccc2F)CN1C(=O)CCc1c(C)noc1C. The van der Waals surface area contributed by atoms with Crippen molar-refractivity contribution in [1.82, 2.24) is 10.1 Å². The molecule has 2 aromatic rings. The van der Waals surface area contributed by atoms with E-state index in [1.807, 2.05) is 6.92 Å². The van der Waals surface area contributed by atoms with Gasteiger partial charge in [-0.25, -0.2) is 9.18 Å². The van der Waals surface area contributed by atoms with Gasteiger partial charge in [-0.3, -0.25) is 4.79 Å². The summed E-state index contributed by atoms with van der Waals surface area (Å²) in [5, 5.41) is 3.89. The summed E-state index contributed by atoms with van der Waals surface area (Å²) in [6, 6.07) is 5.30. The highest BCUT2D eigenvalue weighted by molar-refractivity contribution is 5.85. The molecule has 1 aliphatic rings. The third kappa shape index (κ3) is 4.16. The van der Waals surface area contributed by atoms with Crippen LogP contribution >= 0.6 is 0 Å². The molecular weight excluding hydrogens is 367 g/mol. The van der Waals surface area contributed by atoms with Crippen LogP contribution in [0, 0.1) is 19.7 Å². The van der Waals surface area contributed by atoms with Crippen LogP contribution in [0.15, 0.2) is 28.8 Å². The van der Waals surface area contributed by atoms with E-state index in [9.17, 15) is 14.0 Å². The van der Waals surface area contributed by atoms with Crippen LogP contribution in [0.2, 0.25) is 0 Å². The molecule has 0 bridgehead atoms. The number of carbonyl (C=O) groups excluding carboxylic acids is 2. The van der Waals surface area contributed by atoms with Crippen LogP contribution in [0.5, 0.6) is 5.75 Å². The molecule has 150 valence electrons. The zero-order chi connectivity index (χ0) is 20.3. The van der Waals surface area contributed by atoms with Crippen molar-refractivity contribution in [2.24, 2.45) is 0 Å². The number of rotatable bonds is 6. The van der Waals surface area contributed by atoms with Gasteiger partial charge in [0.15, 0.2) is 11.6 Å². The van der Waals surface area contributed by atoms with E-state index in [-0.39, 0.29) is 31.0 Å². The summed E-state index contributed by atoms with van der Waals surface area (Å²) < 4.78 is 29.5. The Morgan fingerprint density at radius 2 is 2.07 bits per heavy atom. The molecule has 1 aliphatic heterocycles. The zero-order valence-electron chi connectivity index (χ0n) is 16.1. The van der Waals surface area contributed by atoms with Crippen LogP contribution < -0.4 is 4.74 Å². The van der Waals surface area contributed by atoms with E-state index in [4.69, 9.17) is 14.0 Å². The second-order valence-electron chi connectivity index (χ2n) is 6.79. The van der Waals surface area contributed by atoms with Crippen LogP contribution in [0.25, 0.3) is 0 Å². The van der Waals surface area contributed by atoms with E-state index in [2.05, 4.69) is 5.16 Å². The molecule has 1 saturated heterocycles. The lowest BCUT2D eigenvalue weighted by Crippen LogP contribution is -2.41. The first-order valence-corrected chi connectivity index (χ1v) is 9.11. The molecule has 7 nitrogen and oxygen atoms in total. The number of ether oxygens (including phenoxy) is 2. The van der Waals surface area contributed by atoms with Gasteiger partial charge in [-0.05, 0) is 32.4 Å². The Labute approximate surface area is 162 Å². The van der Waals surface area contributed by atoms with Gasteiger partial charge < -0.3 is 18.9 Å². The molecule has 0 aliphatic carbocycles. The molecule has 2 atom stereocenters. The molecule has 3 rings (SSSR count). The number of para-hydroxylation sites is 1. The Bertz CT molecular complexity index is 847. The Balaban J connectivity index is 1.69. The average molecular weight is 390 g/mol. The Hall–Kier alpha value is -2.90. The molecule has 0 saturated carbocycles. The van der Waals surface area contributed by atoms with Crippen molar-refractivity contribution in [2.45, 2.75) is 45.3 Å². The highest BCUT2D eigenvalue weighted by Crippen LogP contribution is 2.26. The maximum atomic E-state index is 13.9. The number of methoxy groups -OCH3 is 1. The van der Waals surface area contributed by atoms with Gasteiger partial charge in [0.2, 0.25) is 5.91 Å². The number of hydrogen-bond donors (Lipinski definition) is 0. The van der Waals surface area contributed by atoms with E-state index in [1.165, 1.54) is 24.1 Å². The quantitative estimate of drug-likeness (QED) is 0.705. The first-order valence-electron chi connectivity index (χ1n) is 9.11. The number of esters is 1. The summed E-state index contributed by atoms with van der Waals surface area (Å²) in [5.74, 6) is -0.418. The topological polar surface area (TPSA) is 81.9 Å². The van der Waals surface area contributed by atoms with Crippen LogP contribution in [-0.2, 0) is 20.7 Å². The van der Waals surface area contributed by atoms with Crippen LogP contribution in [-0.4, -0.2) is 47.7 Å². The first-order chi connectivity index (χ1) is 13.4. The summed E-state index contributed by atoms with van der Waals surface area (Å²) in [4.78, 5) is 26.4. The van der Waals surface area contributed by atoms with Gasteiger partial charge in [0.1, 0.15) is 17.9 Å². The monoisotopic (exact) mass is 390 g/mol. The van der Waals surface area contributed by atoms with Gasteiger partial charge in [-0.1, -0.05) is 17.3 Å². The van der Waals surface area contributed by atoms with E-state index >= 15 is 0 Å². The predicted octanol–water partition coefficient (Wildman–Crippen LogP) is 2.58. The molecule has 2 heterocycles. The summed E-state index contributed by atoms with van der Waals surface area (Å²) >= 11 is 0. The number of amides is 1. The lowest BCUT2D eigenvalue weighted by Gasteiger charge is -2.22. The highest BCUT2D eigenvalue weighted by atomic mass is 19.1. The Morgan fingerprint density at radius 1 is 1.32 bits per heavy atom. The Morgan fingerprint density at radius 3 is 2.71 bits per heavy atom. The fraction of sp³-hybridized carbons (Fsp3) is 0.450. The number of likely N-dealkylation sites (tertiary alicyclic amines) is 1. The number of hydrogen-bond acceptors (Lipinski definition) is 6. The molecule has 0 radical (unpaired) electrons. The number of halogens is 1. The molecule has 1 fully saturated rings. The lowest BCUT2D eigenvalue weighted by molar-refractivity contribution is -0.150. The summed E-state index contributed by atoms with van der Waals surface area (Å²) in [6.45, 7) is 3.81. The van der Waals surface area contributed by atoms with Crippen molar-refractivity contribution in [3.05, 3.63) is 47.1 Å². The number of nitrogens with zero attached hydrogens (tertiary/aromatic N) is 2. The Kier molecular flexibility index (Phi) is 5.96. The number of carbonyl (C=O) groups is 2. The van der Waals surface area contributed by atoms with Crippen molar-refractivity contribution in [2.75, 3.05) is 13.7 Å². The van der Waals surface area contributed by atoms with E-state index < -0.39 is 23.9 Å². The highest BCUT2D eigenvalue weighted by Gasteiger charge is 2.41. The number of aromatic nitrogens is 1. The second-order valence-corrected chi connectivity index (χ2v) is 6.79. The largest absolute Gasteiger partial charge is 0.485 e. The van der Waals surface area contributed by atoms with E-state index in [0.717, 1.165) is 11.3 Å². The van der Waals surface area contributed by atoms with Crippen LogP contribution in [0.4, 0.5) is 4.39 Å². The predicted molar refractivity (Wildman–Crippen MR) is 97.2 cm³/mol. The lowest BCUT2D eigenvalue weighted by atomic mass is 10.1. The number of aryl methyl sites for hydroxylation is 2. The van der Waals surface area contributed by atoms with Crippen molar-refractivity contribution in [3.8, 4) is 5.75 Å². The summed E-state index contributed by atoms with van der Waals surface area (Å²) in [6.07, 6.45) is 0.411. The number of benzene rings is 1. The fourth-order valence-corrected chi connectivity index (χ4v) is 3.47. The van der Waals surface area contributed by atoms with Crippen LogP contribution in [0.3, 0.4) is 0 Å². The molecule has 1 amide bonds. The second kappa shape index (κ2) is 8.41. The maximum absolute atomic E-state index is 13.9. The molecular formula is C20H23FN2O5. The van der Waals surface area contributed by atoms with Gasteiger partial charge in [-0.2, -0.15) is 0 Å². The molecule has 0 unspecified atom stereocenters. The van der Waals surface area contributed by atoms with Crippen molar-refractivity contribution in [3.63, 3.8) is 0 Å². The molecule has 28 heavy (non-hydrogen) atoms. The van der Waals surface area contributed by atoms with Gasteiger partial charge in [0.05, 0.1) is 19.3 Å². The zero-order valence-corrected chi connectivity index (χ0v) is 16.1. The summed E-state index contributed by atoms with van der Waals surface area (Å²) in [5.41, 5.74) is 1.64. The van der Waals surface area contributed by atoms with E-state index in [1.54, 1.807) is 19.1 Å². The van der Waals surface area contributed by atoms with Gasteiger partial charge in [-0.15, -0.1) is 0 Å². The van der Waals surface area contributed by atoms with Gasteiger partial charge in [0, 0.05) is 18.4 Å².